The Morgan fingerprint density at radius 3 is 3.00 bits per heavy atom. The summed E-state index contributed by atoms with van der Waals surface area (Å²) < 4.78 is 9.00. The van der Waals surface area contributed by atoms with Gasteiger partial charge >= 0.3 is 0 Å². The molecule has 0 aliphatic heterocycles. The minimum atomic E-state index is 0.587. The van der Waals surface area contributed by atoms with Crippen molar-refractivity contribution in [2.24, 2.45) is 0 Å². The highest BCUT2D eigenvalue weighted by molar-refractivity contribution is 5.42. The SMILES string of the molecule is COCCn1cc(-n2cc(C)nc2NC2CC2)cn1. The van der Waals surface area contributed by atoms with E-state index in [1.807, 2.05) is 30.2 Å². The number of aryl methyl sites for hydroxylation is 1. The summed E-state index contributed by atoms with van der Waals surface area (Å²) in [4.78, 5) is 4.53. The topological polar surface area (TPSA) is 56.9 Å². The van der Waals surface area contributed by atoms with Crippen LogP contribution >= 0.6 is 0 Å². The molecule has 1 fully saturated rings. The molecule has 0 saturated heterocycles. The average molecular weight is 261 g/mol. The van der Waals surface area contributed by atoms with Crippen LogP contribution < -0.4 is 5.32 Å². The fourth-order valence-corrected chi connectivity index (χ4v) is 1.99. The largest absolute Gasteiger partial charge is 0.383 e. The summed E-state index contributed by atoms with van der Waals surface area (Å²) in [6.07, 6.45) is 8.37. The zero-order chi connectivity index (χ0) is 13.2. The number of hydrogen-bond acceptors (Lipinski definition) is 4. The van der Waals surface area contributed by atoms with E-state index in [4.69, 9.17) is 4.74 Å². The van der Waals surface area contributed by atoms with Crippen molar-refractivity contribution in [3.8, 4) is 5.69 Å². The molecule has 0 bridgehead atoms. The Labute approximate surface area is 112 Å². The molecule has 2 aromatic heterocycles. The van der Waals surface area contributed by atoms with Gasteiger partial charge in [0, 0.05) is 25.5 Å². The van der Waals surface area contributed by atoms with Crippen LogP contribution in [0.15, 0.2) is 18.6 Å². The van der Waals surface area contributed by atoms with Crippen LogP contribution in [-0.2, 0) is 11.3 Å². The number of imidazole rings is 1. The monoisotopic (exact) mass is 261 g/mol. The summed E-state index contributed by atoms with van der Waals surface area (Å²) in [6.45, 7) is 3.43. The second-order valence-corrected chi connectivity index (χ2v) is 4.95. The summed E-state index contributed by atoms with van der Waals surface area (Å²) in [7, 11) is 1.70. The maximum Gasteiger partial charge on any atom is 0.208 e. The number of methoxy groups -OCH3 is 1. The van der Waals surface area contributed by atoms with E-state index in [0.717, 1.165) is 23.9 Å². The van der Waals surface area contributed by atoms with Gasteiger partial charge in [-0.25, -0.2) is 4.98 Å². The van der Waals surface area contributed by atoms with Crippen LogP contribution in [0.1, 0.15) is 18.5 Å². The lowest BCUT2D eigenvalue weighted by atomic mass is 10.5. The molecule has 0 amide bonds. The van der Waals surface area contributed by atoms with Gasteiger partial charge in [0.1, 0.15) is 0 Å². The number of anilines is 1. The van der Waals surface area contributed by atoms with Crippen LogP contribution in [0, 0.1) is 6.92 Å². The van der Waals surface area contributed by atoms with Crippen LogP contribution in [0.25, 0.3) is 5.69 Å². The summed E-state index contributed by atoms with van der Waals surface area (Å²) in [6, 6.07) is 0.587. The fourth-order valence-electron chi connectivity index (χ4n) is 1.99. The van der Waals surface area contributed by atoms with Crippen molar-refractivity contribution >= 4 is 5.95 Å². The molecule has 2 heterocycles. The summed E-state index contributed by atoms with van der Waals surface area (Å²) in [5.41, 5.74) is 2.03. The summed E-state index contributed by atoms with van der Waals surface area (Å²) in [5, 5.41) is 7.78. The molecule has 0 atom stereocenters. The predicted octanol–water partition coefficient (Wildman–Crippen LogP) is 1.60. The maximum absolute atomic E-state index is 5.06. The molecule has 1 aliphatic carbocycles. The standard InChI is InChI=1S/C13H19N5O/c1-10-8-18(13(15-10)16-11-3-4-11)12-7-14-17(9-12)5-6-19-2/h7-9,11H,3-6H2,1-2H3,(H,15,16). The molecular weight excluding hydrogens is 242 g/mol. The first kappa shape index (κ1) is 12.2. The van der Waals surface area contributed by atoms with Crippen molar-refractivity contribution in [1.82, 2.24) is 19.3 Å². The Hall–Kier alpha value is -1.82. The van der Waals surface area contributed by atoms with Crippen molar-refractivity contribution in [3.05, 3.63) is 24.3 Å². The van der Waals surface area contributed by atoms with Gasteiger partial charge in [0.15, 0.2) is 0 Å². The molecule has 3 rings (SSSR count). The highest BCUT2D eigenvalue weighted by Crippen LogP contribution is 2.25. The normalized spacial score (nSPS) is 14.8. The van der Waals surface area contributed by atoms with E-state index < -0.39 is 0 Å². The minimum absolute atomic E-state index is 0.587. The van der Waals surface area contributed by atoms with Crippen LogP contribution in [0.4, 0.5) is 5.95 Å². The maximum atomic E-state index is 5.06. The van der Waals surface area contributed by atoms with E-state index in [9.17, 15) is 0 Å². The molecular formula is C13H19N5O. The third-order valence-corrected chi connectivity index (χ3v) is 3.16. The average Bonchev–Trinajstić information content (AvgIpc) is 2.95. The van der Waals surface area contributed by atoms with Gasteiger partial charge in [0.25, 0.3) is 0 Å². The molecule has 6 heteroatoms. The van der Waals surface area contributed by atoms with E-state index in [1.54, 1.807) is 7.11 Å². The van der Waals surface area contributed by atoms with E-state index in [-0.39, 0.29) is 0 Å². The summed E-state index contributed by atoms with van der Waals surface area (Å²) >= 11 is 0. The molecule has 19 heavy (non-hydrogen) atoms. The van der Waals surface area contributed by atoms with Crippen molar-refractivity contribution in [1.29, 1.82) is 0 Å². The number of nitrogens with zero attached hydrogens (tertiary/aromatic N) is 4. The first-order valence-corrected chi connectivity index (χ1v) is 6.60. The first-order chi connectivity index (χ1) is 9.26. The van der Waals surface area contributed by atoms with Gasteiger partial charge in [0.2, 0.25) is 5.95 Å². The van der Waals surface area contributed by atoms with E-state index >= 15 is 0 Å². The zero-order valence-corrected chi connectivity index (χ0v) is 11.3. The lowest BCUT2D eigenvalue weighted by molar-refractivity contribution is 0.183. The molecule has 2 aromatic rings. The van der Waals surface area contributed by atoms with Gasteiger partial charge in [-0.3, -0.25) is 9.25 Å². The highest BCUT2D eigenvalue weighted by atomic mass is 16.5. The van der Waals surface area contributed by atoms with E-state index in [2.05, 4.69) is 20.0 Å². The minimum Gasteiger partial charge on any atom is -0.383 e. The number of rotatable bonds is 6. The fraction of sp³-hybridized carbons (Fsp3) is 0.538. The van der Waals surface area contributed by atoms with Crippen molar-refractivity contribution in [3.63, 3.8) is 0 Å². The first-order valence-electron chi connectivity index (χ1n) is 6.60. The van der Waals surface area contributed by atoms with Crippen molar-refractivity contribution in [2.75, 3.05) is 19.0 Å². The van der Waals surface area contributed by atoms with Crippen LogP contribution in [-0.4, -0.2) is 39.1 Å². The number of aromatic nitrogens is 4. The molecule has 0 unspecified atom stereocenters. The van der Waals surface area contributed by atoms with Gasteiger partial charge in [0.05, 0.1) is 30.7 Å². The summed E-state index contributed by atoms with van der Waals surface area (Å²) in [5.74, 6) is 0.909. The molecule has 6 nitrogen and oxygen atoms in total. The second-order valence-electron chi connectivity index (χ2n) is 4.95. The smallest absolute Gasteiger partial charge is 0.208 e. The lowest BCUT2D eigenvalue weighted by Gasteiger charge is -2.06. The Morgan fingerprint density at radius 1 is 1.42 bits per heavy atom. The zero-order valence-electron chi connectivity index (χ0n) is 11.3. The highest BCUT2D eigenvalue weighted by Gasteiger charge is 2.23. The van der Waals surface area contributed by atoms with Crippen LogP contribution in [0.3, 0.4) is 0 Å². The Bertz CT molecular complexity index is 555. The van der Waals surface area contributed by atoms with Crippen molar-refractivity contribution in [2.45, 2.75) is 32.4 Å². The van der Waals surface area contributed by atoms with Crippen LogP contribution in [0.5, 0.6) is 0 Å². The molecule has 1 saturated carbocycles. The quantitative estimate of drug-likeness (QED) is 0.858. The van der Waals surface area contributed by atoms with Gasteiger partial charge in [-0.05, 0) is 19.8 Å². The van der Waals surface area contributed by atoms with Crippen LogP contribution in [0.2, 0.25) is 0 Å². The van der Waals surface area contributed by atoms with Crippen molar-refractivity contribution < 1.29 is 4.74 Å². The third-order valence-electron chi connectivity index (χ3n) is 3.16. The molecule has 0 radical (unpaired) electrons. The third kappa shape index (κ3) is 2.78. The number of ether oxygens (including phenoxy) is 1. The Morgan fingerprint density at radius 2 is 2.26 bits per heavy atom. The number of hydrogen-bond donors (Lipinski definition) is 1. The van der Waals surface area contributed by atoms with Gasteiger partial charge in [-0.1, -0.05) is 0 Å². The molecule has 102 valence electrons. The lowest BCUT2D eigenvalue weighted by Crippen LogP contribution is -2.07. The van der Waals surface area contributed by atoms with E-state index in [0.29, 0.717) is 12.6 Å². The second kappa shape index (κ2) is 5.05. The van der Waals surface area contributed by atoms with E-state index in [1.165, 1.54) is 12.8 Å². The number of nitrogens with one attached hydrogen (secondary N) is 1. The molecule has 0 aromatic carbocycles. The van der Waals surface area contributed by atoms with Gasteiger partial charge in [-0.15, -0.1) is 0 Å². The Kier molecular flexibility index (Phi) is 3.25. The van der Waals surface area contributed by atoms with Gasteiger partial charge < -0.3 is 10.1 Å². The van der Waals surface area contributed by atoms with Gasteiger partial charge in [-0.2, -0.15) is 5.10 Å². The molecule has 1 N–H and O–H groups in total. The predicted molar refractivity (Wildman–Crippen MR) is 72.6 cm³/mol. The molecule has 0 spiro atoms. The Balaban J connectivity index is 1.81. The molecule has 1 aliphatic rings.